The summed E-state index contributed by atoms with van der Waals surface area (Å²) in [7, 11) is 0. The van der Waals surface area contributed by atoms with Crippen molar-refractivity contribution in [1.29, 1.82) is 0 Å². The van der Waals surface area contributed by atoms with Gasteiger partial charge < -0.3 is 10.5 Å². The molecule has 0 fully saturated rings. The van der Waals surface area contributed by atoms with Crippen LogP contribution in [-0.2, 0) is 11.2 Å². The minimum absolute atomic E-state index is 0.0454. The van der Waals surface area contributed by atoms with Crippen molar-refractivity contribution in [2.75, 3.05) is 13.2 Å². The van der Waals surface area contributed by atoms with Gasteiger partial charge in [-0.25, -0.2) is 4.98 Å². The van der Waals surface area contributed by atoms with Gasteiger partial charge in [-0.05, 0) is 26.8 Å². The molecule has 102 valence electrons. The Morgan fingerprint density at radius 3 is 2.68 bits per heavy atom. The Morgan fingerprint density at radius 1 is 1.32 bits per heavy atom. The van der Waals surface area contributed by atoms with Crippen molar-refractivity contribution in [3.63, 3.8) is 0 Å². The molecule has 0 spiro atoms. The molecule has 2 aromatic rings. The highest BCUT2D eigenvalue weighted by Crippen LogP contribution is 2.32. The van der Waals surface area contributed by atoms with E-state index in [0.29, 0.717) is 13.2 Å². The van der Waals surface area contributed by atoms with Crippen molar-refractivity contribution >= 4 is 11.3 Å². The van der Waals surface area contributed by atoms with Gasteiger partial charge >= 0.3 is 0 Å². The lowest BCUT2D eigenvalue weighted by Gasteiger charge is -2.06. The van der Waals surface area contributed by atoms with E-state index in [9.17, 15) is 0 Å². The molecular formula is C15H20N2OS. The summed E-state index contributed by atoms with van der Waals surface area (Å²) < 4.78 is 5.63. The van der Waals surface area contributed by atoms with Gasteiger partial charge in [-0.15, -0.1) is 11.3 Å². The predicted octanol–water partition coefficient (Wildman–Crippen LogP) is 3.41. The normalized spacial score (nSPS) is 12.6. The topological polar surface area (TPSA) is 48.1 Å². The van der Waals surface area contributed by atoms with E-state index in [1.54, 1.807) is 11.3 Å². The largest absolute Gasteiger partial charge is 0.372 e. The maximum absolute atomic E-state index is 5.70. The first-order valence-electron chi connectivity index (χ1n) is 6.63. The number of aromatic nitrogens is 1. The lowest BCUT2D eigenvalue weighted by atomic mass is 10.1. The zero-order valence-electron chi connectivity index (χ0n) is 11.4. The van der Waals surface area contributed by atoms with Crippen LogP contribution in [0.2, 0.25) is 0 Å². The van der Waals surface area contributed by atoms with Gasteiger partial charge in [-0.3, -0.25) is 0 Å². The van der Waals surface area contributed by atoms with Crippen LogP contribution in [0.25, 0.3) is 11.3 Å². The first-order valence-corrected chi connectivity index (χ1v) is 7.44. The Kier molecular flexibility index (Phi) is 5.07. The second-order valence-electron chi connectivity index (χ2n) is 4.33. The maximum Gasteiger partial charge on any atom is 0.122 e. The van der Waals surface area contributed by atoms with Crippen LogP contribution in [0.1, 0.15) is 29.8 Å². The van der Waals surface area contributed by atoms with Crippen LogP contribution in [0, 0.1) is 0 Å². The Bertz CT molecular complexity index is 510. The average Bonchev–Trinajstić information content (AvgIpc) is 2.85. The predicted molar refractivity (Wildman–Crippen MR) is 80.3 cm³/mol. The smallest absolute Gasteiger partial charge is 0.122 e. The maximum atomic E-state index is 5.70. The molecule has 0 amide bonds. The highest BCUT2D eigenvalue weighted by atomic mass is 32.1. The van der Waals surface area contributed by atoms with E-state index in [1.165, 1.54) is 4.88 Å². The Balaban J connectivity index is 2.36. The van der Waals surface area contributed by atoms with Crippen LogP contribution in [0.3, 0.4) is 0 Å². The molecule has 1 aromatic carbocycles. The molecule has 0 saturated carbocycles. The van der Waals surface area contributed by atoms with Crippen molar-refractivity contribution in [3.8, 4) is 11.3 Å². The van der Waals surface area contributed by atoms with Crippen molar-refractivity contribution in [2.45, 2.75) is 26.4 Å². The quantitative estimate of drug-likeness (QED) is 0.879. The fourth-order valence-electron chi connectivity index (χ4n) is 1.99. The first-order chi connectivity index (χ1) is 9.26. The number of benzene rings is 1. The highest BCUT2D eigenvalue weighted by molar-refractivity contribution is 7.12. The van der Waals surface area contributed by atoms with E-state index in [0.717, 1.165) is 22.7 Å². The summed E-state index contributed by atoms with van der Waals surface area (Å²) in [5.41, 5.74) is 7.90. The Labute approximate surface area is 118 Å². The van der Waals surface area contributed by atoms with Crippen LogP contribution in [0.5, 0.6) is 0 Å². The van der Waals surface area contributed by atoms with Crippen LogP contribution < -0.4 is 5.73 Å². The van der Waals surface area contributed by atoms with Gasteiger partial charge in [0.2, 0.25) is 0 Å². The highest BCUT2D eigenvalue weighted by Gasteiger charge is 2.16. The summed E-state index contributed by atoms with van der Waals surface area (Å²) in [6.07, 6.45) is 0.907. The fourth-order valence-corrected chi connectivity index (χ4v) is 3.09. The summed E-state index contributed by atoms with van der Waals surface area (Å²) in [5, 5.41) is 1.03. The number of rotatable bonds is 6. The second kappa shape index (κ2) is 6.80. The van der Waals surface area contributed by atoms with E-state index in [-0.39, 0.29) is 6.10 Å². The lowest BCUT2D eigenvalue weighted by Crippen LogP contribution is -2.02. The van der Waals surface area contributed by atoms with Crippen molar-refractivity contribution < 1.29 is 4.74 Å². The molecule has 0 aliphatic carbocycles. The molecule has 2 N–H and O–H groups in total. The van der Waals surface area contributed by atoms with Crippen LogP contribution in [-0.4, -0.2) is 18.1 Å². The molecule has 0 saturated heterocycles. The molecule has 1 aromatic heterocycles. The lowest BCUT2D eigenvalue weighted by molar-refractivity contribution is 0.0762. The van der Waals surface area contributed by atoms with E-state index >= 15 is 0 Å². The summed E-state index contributed by atoms with van der Waals surface area (Å²) in [5.74, 6) is 0. The number of ether oxygens (including phenoxy) is 1. The van der Waals surface area contributed by atoms with E-state index < -0.39 is 0 Å². The molecular weight excluding hydrogens is 256 g/mol. The molecule has 2 rings (SSSR count). The van der Waals surface area contributed by atoms with Crippen LogP contribution in [0.4, 0.5) is 0 Å². The van der Waals surface area contributed by atoms with Crippen molar-refractivity contribution in [3.05, 3.63) is 40.2 Å². The fraction of sp³-hybridized carbons (Fsp3) is 0.400. The van der Waals surface area contributed by atoms with Crippen LogP contribution in [0.15, 0.2) is 30.3 Å². The standard InChI is InChI=1S/C15H20N2OS/c1-3-18-11(2)15-17-14(13(19-15)9-10-16)12-7-5-4-6-8-12/h4-8,11H,3,9-10,16H2,1-2H3. The van der Waals surface area contributed by atoms with Gasteiger partial charge in [0.1, 0.15) is 11.1 Å². The average molecular weight is 276 g/mol. The molecule has 0 radical (unpaired) electrons. The number of hydrogen-bond donors (Lipinski definition) is 1. The molecule has 1 atom stereocenters. The summed E-state index contributed by atoms with van der Waals surface area (Å²) >= 11 is 1.71. The summed E-state index contributed by atoms with van der Waals surface area (Å²) in [4.78, 5) is 6.00. The van der Waals surface area contributed by atoms with Gasteiger partial charge in [0, 0.05) is 17.0 Å². The minimum atomic E-state index is 0.0454. The zero-order valence-corrected chi connectivity index (χ0v) is 12.2. The SMILES string of the molecule is CCOC(C)c1nc(-c2ccccc2)c(CCN)s1. The number of nitrogens with two attached hydrogens (primary N) is 1. The third-order valence-electron chi connectivity index (χ3n) is 2.90. The summed E-state index contributed by atoms with van der Waals surface area (Å²) in [6.45, 7) is 5.39. The van der Waals surface area contributed by atoms with Gasteiger partial charge in [-0.1, -0.05) is 30.3 Å². The van der Waals surface area contributed by atoms with Gasteiger partial charge in [0.25, 0.3) is 0 Å². The molecule has 4 heteroatoms. The first kappa shape index (κ1) is 14.2. The van der Waals surface area contributed by atoms with Gasteiger partial charge in [0.05, 0.1) is 5.69 Å². The number of hydrogen-bond acceptors (Lipinski definition) is 4. The van der Waals surface area contributed by atoms with Gasteiger partial charge in [0.15, 0.2) is 0 Å². The van der Waals surface area contributed by atoms with E-state index in [4.69, 9.17) is 15.5 Å². The second-order valence-corrected chi connectivity index (χ2v) is 5.44. The van der Waals surface area contributed by atoms with Crippen LogP contribution >= 0.6 is 11.3 Å². The Hall–Kier alpha value is -1.23. The molecule has 1 unspecified atom stereocenters. The molecule has 19 heavy (non-hydrogen) atoms. The molecule has 1 heterocycles. The monoisotopic (exact) mass is 276 g/mol. The van der Waals surface area contributed by atoms with Crippen molar-refractivity contribution in [1.82, 2.24) is 4.98 Å². The van der Waals surface area contributed by atoms with E-state index in [1.807, 2.05) is 32.0 Å². The number of thiazole rings is 1. The molecule has 0 aliphatic heterocycles. The minimum Gasteiger partial charge on any atom is -0.372 e. The molecule has 0 aliphatic rings. The Morgan fingerprint density at radius 2 is 2.05 bits per heavy atom. The number of nitrogens with zero attached hydrogens (tertiary/aromatic N) is 1. The molecule has 3 nitrogen and oxygen atoms in total. The van der Waals surface area contributed by atoms with E-state index in [2.05, 4.69) is 12.1 Å². The van der Waals surface area contributed by atoms with Crippen molar-refractivity contribution in [2.24, 2.45) is 5.73 Å². The van der Waals surface area contributed by atoms with Gasteiger partial charge in [-0.2, -0.15) is 0 Å². The third kappa shape index (κ3) is 3.41. The third-order valence-corrected chi connectivity index (χ3v) is 4.17. The zero-order chi connectivity index (χ0) is 13.7. The molecule has 0 bridgehead atoms. The summed E-state index contributed by atoms with van der Waals surface area (Å²) in [6, 6.07) is 10.3.